The topological polar surface area (TPSA) is 135 Å². The summed E-state index contributed by atoms with van der Waals surface area (Å²) in [6, 6.07) is -0.951. The van der Waals surface area contributed by atoms with Crippen LogP contribution >= 0.6 is 0 Å². The lowest BCUT2D eigenvalue weighted by molar-refractivity contribution is -0.115. The molecule has 0 saturated carbocycles. The first-order chi connectivity index (χ1) is 9.20. The number of aromatic nitrogens is 1. The minimum atomic E-state index is -4.85. The van der Waals surface area contributed by atoms with E-state index in [1.807, 2.05) is 0 Å². The van der Waals surface area contributed by atoms with Crippen molar-refractivity contribution in [1.29, 1.82) is 0 Å². The second kappa shape index (κ2) is 4.74. The molecule has 0 aliphatic heterocycles. The van der Waals surface area contributed by atoms with Gasteiger partial charge in [0.1, 0.15) is 6.04 Å². The molecule has 1 aliphatic rings. The highest BCUT2D eigenvalue weighted by Crippen LogP contribution is 2.07. The van der Waals surface area contributed by atoms with Crippen LogP contribution in [0.4, 0.5) is 4.79 Å². The average Bonchev–Trinajstić information content (AvgIpc) is 2.65. The summed E-state index contributed by atoms with van der Waals surface area (Å²) in [5.41, 5.74) is 6.55. The van der Waals surface area contributed by atoms with Crippen LogP contribution < -0.4 is 21.7 Å². The van der Waals surface area contributed by atoms with E-state index >= 15 is 0 Å². The number of hydrazine groups is 1. The standard InChI is InChI=1S/C10H12N4O5S/c1-13-3-2-6-4-8(9(15)5-7(6)13)14(12-10(11)16)20(17,18)19/h2-5,8H,1H3,(H3,11,12,16)(H,17,18,19). The molecule has 9 nitrogen and oxygen atoms in total. The molecule has 0 radical (unpaired) electrons. The number of nitrogens with zero attached hydrogens (tertiary/aromatic N) is 2. The van der Waals surface area contributed by atoms with Crippen molar-refractivity contribution < 1.29 is 22.6 Å². The number of Topliss-reactive ketones (excluding diaryl/α,β-unsaturated/α-hetero) is 1. The predicted molar refractivity (Wildman–Crippen MR) is 68.5 cm³/mol. The van der Waals surface area contributed by atoms with Crippen molar-refractivity contribution in [3.8, 4) is 0 Å². The molecule has 4 N–H and O–H groups in total. The second-order valence-corrected chi connectivity index (χ2v) is 5.46. The number of carbonyl (C=O) groups is 2. The third kappa shape index (κ3) is 2.57. The number of primary amides is 1. The van der Waals surface area contributed by atoms with E-state index in [1.54, 1.807) is 29.3 Å². The van der Waals surface area contributed by atoms with Crippen LogP contribution in [0.3, 0.4) is 0 Å². The van der Waals surface area contributed by atoms with E-state index < -0.39 is 28.2 Å². The molecule has 2 amide bonds. The minimum absolute atomic E-state index is 0.115. The smallest absolute Gasteiger partial charge is 0.351 e. The molecule has 108 valence electrons. The Hall–Kier alpha value is -2.17. The number of amides is 2. The summed E-state index contributed by atoms with van der Waals surface area (Å²) in [6.07, 6.45) is 4.22. The lowest BCUT2D eigenvalue weighted by Gasteiger charge is -2.24. The Bertz CT molecular complexity index is 794. The Balaban J connectivity index is 2.54. The molecule has 20 heavy (non-hydrogen) atoms. The van der Waals surface area contributed by atoms with Gasteiger partial charge in [-0.2, -0.15) is 8.42 Å². The van der Waals surface area contributed by atoms with E-state index in [2.05, 4.69) is 0 Å². The van der Waals surface area contributed by atoms with E-state index in [-0.39, 0.29) is 4.41 Å². The van der Waals surface area contributed by atoms with Crippen LogP contribution in [0.5, 0.6) is 0 Å². The third-order valence-corrected chi connectivity index (χ3v) is 3.60. The first-order valence-corrected chi connectivity index (χ1v) is 6.81. The molecular formula is C10H12N4O5S. The molecule has 1 unspecified atom stereocenters. The number of nitrogens with two attached hydrogens (primary N) is 1. The van der Waals surface area contributed by atoms with Crippen molar-refractivity contribution in [2.45, 2.75) is 6.04 Å². The molecule has 0 spiro atoms. The quantitative estimate of drug-likeness (QED) is 0.410. The molecule has 10 heteroatoms. The van der Waals surface area contributed by atoms with E-state index in [1.165, 1.54) is 12.2 Å². The summed E-state index contributed by atoms with van der Waals surface area (Å²) in [7, 11) is -3.12. The number of hydrogen-bond acceptors (Lipinski definition) is 4. The number of ketones is 1. The number of urea groups is 1. The van der Waals surface area contributed by atoms with E-state index in [0.717, 1.165) is 0 Å². The van der Waals surface area contributed by atoms with Crippen LogP contribution in [0.25, 0.3) is 12.2 Å². The molecule has 0 aromatic carbocycles. The van der Waals surface area contributed by atoms with Crippen LogP contribution in [0.2, 0.25) is 0 Å². The molecule has 1 aliphatic carbocycles. The highest BCUT2D eigenvalue weighted by atomic mass is 32.2. The highest BCUT2D eigenvalue weighted by Gasteiger charge is 2.34. The second-order valence-electron chi connectivity index (χ2n) is 4.18. The maximum absolute atomic E-state index is 12.0. The maximum atomic E-state index is 12.0. The molecular weight excluding hydrogens is 288 g/mol. The largest absolute Gasteiger partial charge is 0.354 e. The van der Waals surface area contributed by atoms with Gasteiger partial charge in [-0.25, -0.2) is 4.79 Å². The lowest BCUT2D eigenvalue weighted by Crippen LogP contribution is -2.56. The van der Waals surface area contributed by atoms with Crippen molar-refractivity contribution >= 4 is 34.3 Å². The van der Waals surface area contributed by atoms with Gasteiger partial charge in [-0.15, -0.1) is 0 Å². The van der Waals surface area contributed by atoms with Crippen LogP contribution in [-0.4, -0.2) is 39.8 Å². The number of nitrogens with one attached hydrogen (secondary N) is 1. The van der Waals surface area contributed by atoms with Gasteiger partial charge in [0.15, 0.2) is 5.78 Å². The Morgan fingerprint density at radius 2 is 2.20 bits per heavy atom. The van der Waals surface area contributed by atoms with Crippen LogP contribution in [0.1, 0.15) is 0 Å². The number of aryl methyl sites for hydroxylation is 1. The Kier molecular flexibility index (Phi) is 3.38. The zero-order valence-corrected chi connectivity index (χ0v) is 11.2. The zero-order valence-electron chi connectivity index (χ0n) is 10.3. The molecule has 0 fully saturated rings. The Morgan fingerprint density at radius 3 is 2.75 bits per heavy atom. The molecule has 1 heterocycles. The fraction of sp³-hybridized carbons (Fsp3) is 0.200. The maximum Gasteiger partial charge on any atom is 0.354 e. The van der Waals surface area contributed by atoms with Crippen molar-refractivity contribution in [1.82, 2.24) is 14.4 Å². The van der Waals surface area contributed by atoms with Gasteiger partial charge in [0.05, 0.1) is 5.35 Å². The summed E-state index contributed by atoms with van der Waals surface area (Å²) in [5, 5.41) is 1.19. The molecule has 2 rings (SSSR count). The van der Waals surface area contributed by atoms with Gasteiger partial charge in [-0.1, -0.05) is 4.41 Å². The Labute approximate surface area is 113 Å². The summed E-state index contributed by atoms with van der Waals surface area (Å²) >= 11 is 0. The van der Waals surface area contributed by atoms with E-state index in [4.69, 9.17) is 10.3 Å². The molecule has 1 aromatic heterocycles. The van der Waals surface area contributed by atoms with Crippen molar-refractivity contribution in [2.75, 3.05) is 0 Å². The fourth-order valence-corrected chi connectivity index (χ4v) is 2.58. The van der Waals surface area contributed by atoms with Gasteiger partial charge >= 0.3 is 16.3 Å². The minimum Gasteiger partial charge on any atom is -0.351 e. The van der Waals surface area contributed by atoms with Gasteiger partial charge in [-0.05, 0) is 17.4 Å². The van der Waals surface area contributed by atoms with Crippen molar-refractivity contribution in [3.63, 3.8) is 0 Å². The van der Waals surface area contributed by atoms with Gasteiger partial charge in [0, 0.05) is 19.3 Å². The number of hydrogen-bond donors (Lipinski definition) is 3. The predicted octanol–water partition coefficient (Wildman–Crippen LogP) is -2.77. The monoisotopic (exact) mass is 300 g/mol. The first-order valence-electron chi connectivity index (χ1n) is 5.42. The summed E-state index contributed by atoms with van der Waals surface area (Å²) in [5.74, 6) is -0.620. The number of carbonyl (C=O) groups excluding carboxylic acids is 2. The van der Waals surface area contributed by atoms with Gasteiger partial charge in [0.2, 0.25) is 0 Å². The molecule has 0 saturated heterocycles. The summed E-state index contributed by atoms with van der Waals surface area (Å²) < 4.78 is 33.4. The Morgan fingerprint density at radius 1 is 1.55 bits per heavy atom. The number of rotatable bonds is 3. The van der Waals surface area contributed by atoms with Gasteiger partial charge < -0.3 is 10.3 Å². The summed E-state index contributed by atoms with van der Waals surface area (Å²) in [6.45, 7) is 0. The van der Waals surface area contributed by atoms with Crippen LogP contribution in [0, 0.1) is 0 Å². The number of fused-ring (bicyclic) bond motifs is 1. The van der Waals surface area contributed by atoms with Crippen molar-refractivity contribution in [2.24, 2.45) is 12.8 Å². The highest BCUT2D eigenvalue weighted by molar-refractivity contribution is 7.83. The zero-order chi connectivity index (χ0) is 15.1. The molecule has 1 aromatic rings. The van der Waals surface area contributed by atoms with E-state index in [0.29, 0.717) is 10.6 Å². The SMILES string of the molecule is Cn1ccc2c1=CC(=O)C(N(NC(N)=O)S(=O)(=O)O)C=2. The normalized spacial score (nSPS) is 18.1. The molecule has 0 bridgehead atoms. The van der Waals surface area contributed by atoms with Gasteiger partial charge in [-0.3, -0.25) is 14.8 Å². The van der Waals surface area contributed by atoms with E-state index in [9.17, 15) is 18.0 Å². The van der Waals surface area contributed by atoms with Crippen LogP contribution in [0.15, 0.2) is 12.3 Å². The van der Waals surface area contributed by atoms with Crippen LogP contribution in [-0.2, 0) is 22.1 Å². The third-order valence-electron chi connectivity index (χ3n) is 2.78. The van der Waals surface area contributed by atoms with Gasteiger partial charge in [0.25, 0.3) is 0 Å². The average molecular weight is 300 g/mol. The fourth-order valence-electron chi connectivity index (χ4n) is 1.92. The first kappa shape index (κ1) is 14.2. The molecule has 1 atom stereocenters. The lowest BCUT2D eigenvalue weighted by atomic mass is 10.1. The summed E-state index contributed by atoms with van der Waals surface area (Å²) in [4.78, 5) is 22.8. The van der Waals surface area contributed by atoms with Crippen molar-refractivity contribution in [3.05, 3.63) is 22.8 Å².